The van der Waals surface area contributed by atoms with Crippen LogP contribution in [-0.4, -0.2) is 31.9 Å². The summed E-state index contributed by atoms with van der Waals surface area (Å²) < 4.78 is 23.5. The zero-order valence-electron chi connectivity index (χ0n) is 12.6. The molecule has 1 aromatic carbocycles. The predicted octanol–water partition coefficient (Wildman–Crippen LogP) is 3.15. The highest BCUT2D eigenvalue weighted by molar-refractivity contribution is 14.0. The molecule has 3 N–H and O–H groups in total. The van der Waals surface area contributed by atoms with Crippen molar-refractivity contribution in [3.05, 3.63) is 33.8 Å². The summed E-state index contributed by atoms with van der Waals surface area (Å²) in [6.45, 7) is 2.09. The molecular weight excluding hydrogens is 472 g/mol. The molecule has 1 heterocycles. The SMILES string of the molecule is CC(NC(N)=NCC1CCCS1(=O)=O)c1ccc(Cl)cc1Cl.I. The fourth-order valence-corrected chi connectivity index (χ4v) is 4.76. The number of guanidine groups is 1. The second-order valence-corrected chi connectivity index (χ2v) is 8.63. The molecule has 5 nitrogen and oxygen atoms in total. The molecule has 2 atom stereocenters. The van der Waals surface area contributed by atoms with E-state index < -0.39 is 15.1 Å². The summed E-state index contributed by atoms with van der Waals surface area (Å²) in [6.07, 6.45) is 1.35. The third kappa shape index (κ3) is 5.65. The Labute approximate surface area is 164 Å². The molecule has 0 radical (unpaired) electrons. The minimum atomic E-state index is -3.00. The molecule has 130 valence electrons. The van der Waals surface area contributed by atoms with Gasteiger partial charge in [0.1, 0.15) is 0 Å². The van der Waals surface area contributed by atoms with Crippen LogP contribution in [0.5, 0.6) is 0 Å². The monoisotopic (exact) mass is 491 g/mol. The lowest BCUT2D eigenvalue weighted by Gasteiger charge is -2.17. The van der Waals surface area contributed by atoms with Gasteiger partial charge < -0.3 is 11.1 Å². The number of hydrogen-bond donors (Lipinski definition) is 2. The van der Waals surface area contributed by atoms with Crippen molar-refractivity contribution in [2.24, 2.45) is 10.7 Å². The van der Waals surface area contributed by atoms with E-state index in [1.54, 1.807) is 12.1 Å². The molecule has 2 rings (SSSR count). The first kappa shape index (κ1) is 20.8. The summed E-state index contributed by atoms with van der Waals surface area (Å²) in [6, 6.07) is 5.07. The highest BCUT2D eigenvalue weighted by atomic mass is 127. The van der Waals surface area contributed by atoms with Gasteiger partial charge in [-0.2, -0.15) is 0 Å². The van der Waals surface area contributed by atoms with Crippen molar-refractivity contribution >= 4 is 63.0 Å². The number of nitrogens with zero attached hydrogens (tertiary/aromatic N) is 1. The van der Waals surface area contributed by atoms with Crippen LogP contribution in [0.25, 0.3) is 0 Å². The Morgan fingerprint density at radius 2 is 2.17 bits per heavy atom. The smallest absolute Gasteiger partial charge is 0.189 e. The summed E-state index contributed by atoms with van der Waals surface area (Å²) in [4.78, 5) is 4.15. The van der Waals surface area contributed by atoms with Crippen LogP contribution in [0.2, 0.25) is 10.0 Å². The molecule has 0 aromatic heterocycles. The van der Waals surface area contributed by atoms with Crippen LogP contribution in [0.4, 0.5) is 0 Å². The maximum atomic E-state index is 11.7. The van der Waals surface area contributed by atoms with Gasteiger partial charge in [-0.15, -0.1) is 24.0 Å². The van der Waals surface area contributed by atoms with Crippen LogP contribution in [0.3, 0.4) is 0 Å². The second-order valence-electron chi connectivity index (χ2n) is 5.39. The van der Waals surface area contributed by atoms with E-state index in [2.05, 4.69) is 10.3 Å². The van der Waals surface area contributed by atoms with E-state index in [1.165, 1.54) is 0 Å². The number of nitrogens with two attached hydrogens (primary N) is 1. The molecule has 0 amide bonds. The molecular formula is C14H20Cl2IN3O2S. The minimum absolute atomic E-state index is 0. The predicted molar refractivity (Wildman–Crippen MR) is 107 cm³/mol. The van der Waals surface area contributed by atoms with Crippen LogP contribution in [0, 0.1) is 0 Å². The zero-order chi connectivity index (χ0) is 16.3. The van der Waals surface area contributed by atoms with E-state index in [1.807, 2.05) is 13.0 Å². The third-order valence-electron chi connectivity index (χ3n) is 3.72. The van der Waals surface area contributed by atoms with E-state index >= 15 is 0 Å². The Morgan fingerprint density at radius 3 is 2.74 bits per heavy atom. The normalized spacial score (nSPS) is 21.5. The highest BCUT2D eigenvalue weighted by Gasteiger charge is 2.30. The Balaban J connectivity index is 0.00000264. The molecule has 0 saturated carbocycles. The van der Waals surface area contributed by atoms with Crippen LogP contribution < -0.4 is 11.1 Å². The highest BCUT2D eigenvalue weighted by Crippen LogP contribution is 2.26. The van der Waals surface area contributed by atoms with E-state index in [-0.39, 0.29) is 48.3 Å². The fraction of sp³-hybridized carbons (Fsp3) is 0.500. The number of halogens is 3. The summed E-state index contributed by atoms with van der Waals surface area (Å²) in [5, 5.41) is 3.70. The van der Waals surface area contributed by atoms with E-state index in [0.717, 1.165) is 5.56 Å². The Bertz CT molecular complexity index is 683. The molecule has 0 aliphatic carbocycles. The molecule has 9 heteroatoms. The van der Waals surface area contributed by atoms with Gasteiger partial charge in [0.15, 0.2) is 15.8 Å². The Morgan fingerprint density at radius 1 is 1.48 bits per heavy atom. The maximum absolute atomic E-state index is 11.7. The Hall–Kier alpha value is -0.250. The molecule has 2 unspecified atom stereocenters. The molecule has 1 saturated heterocycles. The van der Waals surface area contributed by atoms with Crippen molar-refractivity contribution in [3.63, 3.8) is 0 Å². The summed E-state index contributed by atoms with van der Waals surface area (Å²) in [5.41, 5.74) is 6.68. The van der Waals surface area contributed by atoms with Crippen molar-refractivity contribution in [2.45, 2.75) is 31.1 Å². The van der Waals surface area contributed by atoms with Crippen molar-refractivity contribution in [2.75, 3.05) is 12.3 Å². The lowest BCUT2D eigenvalue weighted by molar-refractivity contribution is 0.589. The van der Waals surface area contributed by atoms with Gasteiger partial charge in [-0.3, -0.25) is 4.99 Å². The van der Waals surface area contributed by atoms with Crippen molar-refractivity contribution in [3.8, 4) is 0 Å². The zero-order valence-corrected chi connectivity index (χ0v) is 17.3. The molecule has 1 aliphatic heterocycles. The van der Waals surface area contributed by atoms with Gasteiger partial charge in [-0.05, 0) is 37.5 Å². The summed E-state index contributed by atoms with van der Waals surface area (Å²) >= 11 is 12.0. The van der Waals surface area contributed by atoms with Gasteiger partial charge in [0.25, 0.3) is 0 Å². The maximum Gasteiger partial charge on any atom is 0.189 e. The third-order valence-corrected chi connectivity index (χ3v) is 6.54. The van der Waals surface area contributed by atoms with Gasteiger partial charge in [0.2, 0.25) is 0 Å². The van der Waals surface area contributed by atoms with Crippen LogP contribution in [0.1, 0.15) is 31.4 Å². The topological polar surface area (TPSA) is 84.5 Å². The number of benzene rings is 1. The van der Waals surface area contributed by atoms with Crippen LogP contribution >= 0.6 is 47.2 Å². The van der Waals surface area contributed by atoms with Crippen molar-refractivity contribution < 1.29 is 8.42 Å². The van der Waals surface area contributed by atoms with Gasteiger partial charge in [0, 0.05) is 10.0 Å². The lowest BCUT2D eigenvalue weighted by atomic mass is 10.1. The fourth-order valence-electron chi connectivity index (χ4n) is 2.46. The first-order chi connectivity index (χ1) is 10.3. The molecule has 1 aromatic rings. The molecule has 1 aliphatic rings. The average molecular weight is 492 g/mol. The van der Waals surface area contributed by atoms with Crippen LogP contribution in [-0.2, 0) is 9.84 Å². The van der Waals surface area contributed by atoms with Gasteiger partial charge in [0.05, 0.1) is 23.6 Å². The number of sulfone groups is 1. The van der Waals surface area contributed by atoms with Crippen LogP contribution in [0.15, 0.2) is 23.2 Å². The summed E-state index contributed by atoms with van der Waals surface area (Å²) in [7, 11) is -3.00. The largest absolute Gasteiger partial charge is 0.370 e. The van der Waals surface area contributed by atoms with Gasteiger partial charge in [-0.25, -0.2) is 8.42 Å². The summed E-state index contributed by atoms with van der Waals surface area (Å²) in [5.74, 6) is 0.456. The number of hydrogen-bond acceptors (Lipinski definition) is 3. The van der Waals surface area contributed by atoms with Crippen molar-refractivity contribution in [1.82, 2.24) is 5.32 Å². The number of rotatable bonds is 4. The first-order valence-corrected chi connectivity index (χ1v) is 9.49. The van der Waals surface area contributed by atoms with E-state index in [9.17, 15) is 8.42 Å². The van der Waals surface area contributed by atoms with Gasteiger partial charge >= 0.3 is 0 Å². The van der Waals surface area contributed by atoms with Gasteiger partial charge in [-0.1, -0.05) is 29.3 Å². The quantitative estimate of drug-likeness (QED) is 0.385. The van der Waals surface area contributed by atoms with E-state index in [0.29, 0.717) is 22.9 Å². The number of aliphatic imine (C=N–C) groups is 1. The molecule has 0 bridgehead atoms. The van der Waals surface area contributed by atoms with E-state index in [4.69, 9.17) is 28.9 Å². The van der Waals surface area contributed by atoms with Crippen molar-refractivity contribution in [1.29, 1.82) is 0 Å². The average Bonchev–Trinajstić information content (AvgIpc) is 2.75. The first-order valence-electron chi connectivity index (χ1n) is 7.02. The standard InChI is InChI=1S/C14H19Cl2N3O2S.HI/c1-9(12-5-4-10(15)7-13(12)16)19-14(17)18-8-11-3-2-6-22(11,20)21;/h4-5,7,9,11H,2-3,6,8H2,1H3,(H3,17,18,19);1H. The molecule has 0 spiro atoms. The number of nitrogens with one attached hydrogen (secondary N) is 1. The minimum Gasteiger partial charge on any atom is -0.370 e. The lowest BCUT2D eigenvalue weighted by Crippen LogP contribution is -2.35. The molecule has 23 heavy (non-hydrogen) atoms. The Kier molecular flexibility index (Phi) is 7.89. The second kappa shape index (κ2) is 8.73. The molecule has 1 fully saturated rings.